The molecule has 0 aliphatic heterocycles. The van der Waals surface area contributed by atoms with Gasteiger partial charge in [0.15, 0.2) is 11.9 Å². The molecular formula is C25H25N3O4S. The third-order valence-electron chi connectivity index (χ3n) is 5.01. The average Bonchev–Trinajstić information content (AvgIpc) is 3.25. The van der Waals surface area contributed by atoms with Gasteiger partial charge in [-0.3, -0.25) is 15.1 Å². The van der Waals surface area contributed by atoms with Crippen LogP contribution in [-0.2, 0) is 17.6 Å². The number of thiazole rings is 1. The molecular weight excluding hydrogens is 438 g/mol. The summed E-state index contributed by atoms with van der Waals surface area (Å²) in [6.07, 6.45) is 3.48. The fourth-order valence-corrected chi connectivity index (χ4v) is 4.08. The van der Waals surface area contributed by atoms with Crippen LogP contribution in [-0.4, -0.2) is 36.4 Å². The highest BCUT2D eigenvalue weighted by molar-refractivity contribution is 7.22. The lowest BCUT2D eigenvalue weighted by molar-refractivity contribution is 0.0225. The molecule has 0 saturated heterocycles. The lowest BCUT2D eigenvalue weighted by Gasteiger charge is -2.05. The number of carbonyl (C=O) groups excluding carboxylic acids is 1. The van der Waals surface area contributed by atoms with Crippen molar-refractivity contribution >= 4 is 32.6 Å². The van der Waals surface area contributed by atoms with Gasteiger partial charge < -0.3 is 14.2 Å². The van der Waals surface area contributed by atoms with Crippen LogP contribution in [0.5, 0.6) is 11.5 Å². The first-order valence-corrected chi connectivity index (χ1v) is 11.5. The van der Waals surface area contributed by atoms with Gasteiger partial charge in [-0.2, -0.15) is 0 Å². The maximum atomic E-state index is 12.6. The maximum absolute atomic E-state index is 12.6. The molecule has 33 heavy (non-hydrogen) atoms. The zero-order chi connectivity index (χ0) is 23.0. The smallest absolute Gasteiger partial charge is 0.276 e. The highest BCUT2D eigenvalue weighted by Crippen LogP contribution is 2.29. The molecule has 0 fully saturated rings. The van der Waals surface area contributed by atoms with Gasteiger partial charge in [0.25, 0.3) is 5.91 Å². The van der Waals surface area contributed by atoms with Crippen molar-refractivity contribution in [3.8, 4) is 11.5 Å². The SMILES string of the molecule is CCOCOc1ccc2nc(NC(=O)c3ccc(CCc4ccc(OC)cc4)cn3)sc2c1. The summed E-state index contributed by atoms with van der Waals surface area (Å²) in [7, 11) is 1.66. The number of rotatable bonds is 10. The number of ether oxygens (including phenoxy) is 3. The molecule has 7 nitrogen and oxygen atoms in total. The zero-order valence-electron chi connectivity index (χ0n) is 18.5. The van der Waals surface area contributed by atoms with Crippen LogP contribution in [0, 0.1) is 0 Å². The Labute approximate surface area is 196 Å². The van der Waals surface area contributed by atoms with Crippen molar-refractivity contribution in [3.05, 3.63) is 77.6 Å². The Morgan fingerprint density at radius 2 is 1.76 bits per heavy atom. The second kappa shape index (κ2) is 10.9. The minimum atomic E-state index is -0.288. The number of methoxy groups -OCH3 is 1. The average molecular weight is 464 g/mol. The number of anilines is 1. The molecule has 0 spiro atoms. The molecule has 2 heterocycles. The Balaban J connectivity index is 1.34. The van der Waals surface area contributed by atoms with Crippen LogP contribution in [0.25, 0.3) is 10.2 Å². The second-order valence-electron chi connectivity index (χ2n) is 7.26. The van der Waals surface area contributed by atoms with Crippen LogP contribution in [0.15, 0.2) is 60.8 Å². The molecule has 8 heteroatoms. The molecule has 2 aromatic heterocycles. The van der Waals surface area contributed by atoms with Gasteiger partial charge in [0.05, 0.1) is 17.3 Å². The fourth-order valence-electron chi connectivity index (χ4n) is 3.19. The highest BCUT2D eigenvalue weighted by atomic mass is 32.1. The number of aryl methyl sites for hydroxylation is 2. The lowest BCUT2D eigenvalue weighted by atomic mass is 10.1. The van der Waals surface area contributed by atoms with Crippen molar-refractivity contribution in [1.29, 1.82) is 0 Å². The summed E-state index contributed by atoms with van der Waals surface area (Å²) < 4.78 is 16.9. The molecule has 0 atom stereocenters. The van der Waals surface area contributed by atoms with Crippen LogP contribution in [0.1, 0.15) is 28.5 Å². The van der Waals surface area contributed by atoms with E-state index in [0.717, 1.165) is 34.4 Å². The Kier molecular flexibility index (Phi) is 7.49. The van der Waals surface area contributed by atoms with Crippen molar-refractivity contribution in [3.63, 3.8) is 0 Å². The number of aromatic nitrogens is 2. The van der Waals surface area contributed by atoms with Crippen LogP contribution in [0.4, 0.5) is 5.13 Å². The Hall–Kier alpha value is -3.49. The summed E-state index contributed by atoms with van der Waals surface area (Å²) in [6.45, 7) is 2.71. The quantitative estimate of drug-likeness (QED) is 0.260. The van der Waals surface area contributed by atoms with E-state index in [0.29, 0.717) is 23.2 Å². The summed E-state index contributed by atoms with van der Waals surface area (Å²) >= 11 is 1.38. The summed E-state index contributed by atoms with van der Waals surface area (Å²) in [5, 5.41) is 3.35. The summed E-state index contributed by atoms with van der Waals surface area (Å²) in [5.74, 6) is 1.26. The lowest BCUT2D eigenvalue weighted by Crippen LogP contribution is -2.13. The zero-order valence-corrected chi connectivity index (χ0v) is 19.4. The van der Waals surface area contributed by atoms with E-state index in [2.05, 4.69) is 27.4 Å². The third-order valence-corrected chi connectivity index (χ3v) is 5.95. The van der Waals surface area contributed by atoms with Gasteiger partial charge in [0.1, 0.15) is 17.2 Å². The number of fused-ring (bicyclic) bond motifs is 1. The van der Waals surface area contributed by atoms with Crippen molar-refractivity contribution in [1.82, 2.24) is 9.97 Å². The molecule has 0 aliphatic rings. The molecule has 170 valence electrons. The number of hydrogen-bond donors (Lipinski definition) is 1. The predicted octanol–water partition coefficient (Wildman–Crippen LogP) is 5.11. The topological polar surface area (TPSA) is 82.6 Å². The van der Waals surface area contributed by atoms with E-state index in [1.807, 2.05) is 43.3 Å². The van der Waals surface area contributed by atoms with Crippen LogP contribution in [0.3, 0.4) is 0 Å². The van der Waals surface area contributed by atoms with Crippen molar-refractivity contribution in [2.45, 2.75) is 19.8 Å². The van der Waals surface area contributed by atoms with Crippen LogP contribution in [0.2, 0.25) is 0 Å². The first kappa shape index (κ1) is 22.7. The molecule has 1 amide bonds. The molecule has 0 aliphatic carbocycles. The van der Waals surface area contributed by atoms with Crippen LogP contribution < -0.4 is 14.8 Å². The van der Waals surface area contributed by atoms with Gasteiger partial charge >= 0.3 is 0 Å². The molecule has 0 radical (unpaired) electrons. The summed E-state index contributed by atoms with van der Waals surface area (Å²) in [5.41, 5.74) is 3.44. The minimum absolute atomic E-state index is 0.201. The molecule has 0 unspecified atom stereocenters. The summed E-state index contributed by atoms with van der Waals surface area (Å²) in [6, 6.07) is 17.3. The van der Waals surface area contributed by atoms with E-state index in [9.17, 15) is 4.79 Å². The Bertz CT molecular complexity index is 1210. The third kappa shape index (κ3) is 6.06. The van der Waals surface area contributed by atoms with Crippen molar-refractivity contribution in [2.24, 2.45) is 0 Å². The highest BCUT2D eigenvalue weighted by Gasteiger charge is 2.12. The standard InChI is InChI=1S/C25H25N3O4S/c1-3-31-16-32-20-11-13-21-23(14-20)33-25(27-21)28-24(29)22-12-8-18(15-26-22)5-4-17-6-9-19(30-2)10-7-17/h6-15H,3-5,16H2,1-2H3,(H,27,28,29). The van der Waals surface area contributed by atoms with Gasteiger partial charge in [0.2, 0.25) is 0 Å². The first-order chi connectivity index (χ1) is 16.1. The van der Waals surface area contributed by atoms with E-state index in [4.69, 9.17) is 14.2 Å². The van der Waals surface area contributed by atoms with Gasteiger partial charge in [0, 0.05) is 12.8 Å². The number of benzene rings is 2. The first-order valence-electron chi connectivity index (χ1n) is 10.6. The monoisotopic (exact) mass is 463 g/mol. The number of hydrogen-bond acceptors (Lipinski definition) is 7. The number of nitrogens with zero attached hydrogens (tertiary/aromatic N) is 2. The molecule has 1 N–H and O–H groups in total. The second-order valence-corrected chi connectivity index (χ2v) is 8.29. The Morgan fingerprint density at radius 3 is 2.48 bits per heavy atom. The van der Waals surface area contributed by atoms with Gasteiger partial charge in [-0.1, -0.05) is 29.5 Å². The van der Waals surface area contributed by atoms with Crippen LogP contribution >= 0.6 is 11.3 Å². The molecule has 2 aromatic carbocycles. The summed E-state index contributed by atoms with van der Waals surface area (Å²) in [4.78, 5) is 21.4. The van der Waals surface area contributed by atoms with Crippen molar-refractivity contribution < 1.29 is 19.0 Å². The van der Waals surface area contributed by atoms with E-state index in [1.54, 1.807) is 19.4 Å². The number of carbonyl (C=O) groups is 1. The van der Waals surface area contributed by atoms with E-state index >= 15 is 0 Å². The number of nitrogens with one attached hydrogen (secondary N) is 1. The molecule has 0 bridgehead atoms. The maximum Gasteiger partial charge on any atom is 0.276 e. The number of pyridine rings is 1. The predicted molar refractivity (Wildman–Crippen MR) is 129 cm³/mol. The molecule has 4 rings (SSSR count). The van der Waals surface area contributed by atoms with E-state index in [-0.39, 0.29) is 12.7 Å². The Morgan fingerprint density at radius 1 is 1.00 bits per heavy atom. The molecule has 4 aromatic rings. The van der Waals surface area contributed by atoms with Gasteiger partial charge in [-0.25, -0.2) is 4.98 Å². The van der Waals surface area contributed by atoms with E-state index < -0.39 is 0 Å². The normalized spacial score (nSPS) is 10.8. The molecule has 0 saturated carbocycles. The largest absolute Gasteiger partial charge is 0.497 e. The van der Waals surface area contributed by atoms with Crippen molar-refractivity contribution in [2.75, 3.05) is 25.8 Å². The van der Waals surface area contributed by atoms with Gasteiger partial charge in [-0.05, 0) is 67.3 Å². The fraction of sp³-hybridized carbons (Fsp3) is 0.240. The van der Waals surface area contributed by atoms with E-state index in [1.165, 1.54) is 16.9 Å². The minimum Gasteiger partial charge on any atom is -0.497 e. The number of amides is 1. The van der Waals surface area contributed by atoms with Gasteiger partial charge in [-0.15, -0.1) is 0 Å².